The number of nitro groups is 1. The standard InChI is InChI=1S/C7HBrF3N3O3/c8-4-5(14(15)16)3(1-12)2-13-6(4)17-7(9,10)11/h2H. The number of halogens is 4. The minimum Gasteiger partial charge on any atom is -0.386 e. The van der Waals surface area contributed by atoms with Gasteiger partial charge in [-0.15, -0.1) is 13.2 Å². The van der Waals surface area contributed by atoms with Crippen molar-refractivity contribution in [2.45, 2.75) is 6.36 Å². The molecule has 6 nitrogen and oxygen atoms in total. The lowest BCUT2D eigenvalue weighted by molar-refractivity contribution is -0.386. The first-order chi connectivity index (χ1) is 7.76. The highest BCUT2D eigenvalue weighted by Gasteiger charge is 2.35. The van der Waals surface area contributed by atoms with Crippen LogP contribution in [0.2, 0.25) is 0 Å². The van der Waals surface area contributed by atoms with E-state index in [0.29, 0.717) is 6.20 Å². The first kappa shape index (κ1) is 13.2. The summed E-state index contributed by atoms with van der Waals surface area (Å²) < 4.78 is 38.6. The van der Waals surface area contributed by atoms with Crippen LogP contribution in [0.25, 0.3) is 0 Å². The normalized spacial score (nSPS) is 10.8. The molecular weight excluding hydrogens is 311 g/mol. The maximum atomic E-state index is 11.9. The summed E-state index contributed by atoms with van der Waals surface area (Å²) in [5.74, 6) is -1.02. The van der Waals surface area contributed by atoms with E-state index >= 15 is 0 Å². The van der Waals surface area contributed by atoms with Crippen LogP contribution >= 0.6 is 15.9 Å². The lowest BCUT2D eigenvalue weighted by Crippen LogP contribution is -2.18. The van der Waals surface area contributed by atoms with Gasteiger partial charge in [0.1, 0.15) is 11.6 Å². The molecule has 1 aromatic rings. The Bertz CT molecular complexity index is 512. The molecule has 0 aliphatic carbocycles. The van der Waals surface area contributed by atoms with E-state index in [1.165, 1.54) is 6.07 Å². The minimum atomic E-state index is -5.03. The number of hydrogen-bond donors (Lipinski definition) is 0. The Labute approximate surface area is 99.9 Å². The Morgan fingerprint density at radius 2 is 2.18 bits per heavy atom. The molecule has 0 amide bonds. The molecule has 1 heterocycles. The number of pyridine rings is 1. The van der Waals surface area contributed by atoms with Gasteiger partial charge in [-0.25, -0.2) is 4.98 Å². The first-order valence-corrected chi connectivity index (χ1v) is 4.54. The van der Waals surface area contributed by atoms with Gasteiger partial charge in [-0.05, 0) is 15.9 Å². The van der Waals surface area contributed by atoms with Gasteiger partial charge in [0, 0.05) is 0 Å². The van der Waals surface area contributed by atoms with Gasteiger partial charge < -0.3 is 4.74 Å². The maximum absolute atomic E-state index is 11.9. The summed E-state index contributed by atoms with van der Waals surface area (Å²) in [6.45, 7) is 0. The van der Waals surface area contributed by atoms with E-state index in [9.17, 15) is 23.3 Å². The number of rotatable bonds is 2. The van der Waals surface area contributed by atoms with Crippen LogP contribution in [-0.4, -0.2) is 16.3 Å². The van der Waals surface area contributed by atoms with Gasteiger partial charge in [-0.3, -0.25) is 10.1 Å². The van der Waals surface area contributed by atoms with Crippen LogP contribution in [0.5, 0.6) is 5.88 Å². The number of aromatic nitrogens is 1. The summed E-state index contributed by atoms with van der Waals surface area (Å²) in [4.78, 5) is 12.7. The molecule has 0 radical (unpaired) electrons. The molecule has 17 heavy (non-hydrogen) atoms. The van der Waals surface area contributed by atoms with E-state index in [0.717, 1.165) is 0 Å². The van der Waals surface area contributed by atoms with Crippen molar-refractivity contribution in [2.75, 3.05) is 0 Å². The predicted octanol–water partition coefficient (Wildman–Crippen LogP) is 2.52. The van der Waals surface area contributed by atoms with Crippen LogP contribution in [0.3, 0.4) is 0 Å². The average molecular weight is 312 g/mol. The van der Waals surface area contributed by atoms with Gasteiger partial charge in [0.2, 0.25) is 5.88 Å². The fourth-order valence-electron chi connectivity index (χ4n) is 0.902. The summed E-state index contributed by atoms with van der Waals surface area (Å²) in [6.07, 6.45) is -4.40. The SMILES string of the molecule is N#Cc1cnc(OC(F)(F)F)c(Br)c1[N+](=O)[O-]. The largest absolute Gasteiger partial charge is 0.574 e. The van der Waals surface area contributed by atoms with Gasteiger partial charge in [0.15, 0.2) is 4.47 Å². The molecule has 0 saturated heterocycles. The molecule has 10 heteroatoms. The van der Waals surface area contributed by atoms with E-state index in [4.69, 9.17) is 5.26 Å². The quantitative estimate of drug-likeness (QED) is 0.618. The first-order valence-electron chi connectivity index (χ1n) is 3.75. The monoisotopic (exact) mass is 311 g/mol. The van der Waals surface area contributed by atoms with Crippen molar-refractivity contribution in [1.82, 2.24) is 4.98 Å². The second kappa shape index (κ2) is 4.54. The Balaban J connectivity index is 3.35. The summed E-state index contributed by atoms with van der Waals surface area (Å²) >= 11 is 2.55. The molecule has 0 spiro atoms. The molecule has 0 aliphatic rings. The third kappa shape index (κ3) is 3.04. The molecule has 0 saturated carbocycles. The number of hydrogen-bond acceptors (Lipinski definition) is 5. The topological polar surface area (TPSA) is 89.0 Å². The summed E-state index contributed by atoms with van der Waals surface area (Å²) in [5.41, 5.74) is -1.31. The van der Waals surface area contributed by atoms with Gasteiger partial charge in [-0.1, -0.05) is 0 Å². The van der Waals surface area contributed by atoms with Crippen LogP contribution < -0.4 is 4.74 Å². The molecular formula is C7HBrF3N3O3. The minimum absolute atomic E-state index is 0.476. The maximum Gasteiger partial charge on any atom is 0.574 e. The molecule has 90 valence electrons. The molecule has 0 bridgehead atoms. The Morgan fingerprint density at radius 1 is 1.59 bits per heavy atom. The summed E-state index contributed by atoms with van der Waals surface area (Å²) in [6, 6.07) is 1.44. The van der Waals surface area contributed by atoms with E-state index in [-0.39, 0.29) is 0 Å². The van der Waals surface area contributed by atoms with Crippen LogP contribution in [-0.2, 0) is 0 Å². The molecule has 0 aromatic carbocycles. The molecule has 0 N–H and O–H groups in total. The zero-order valence-corrected chi connectivity index (χ0v) is 9.24. The lowest BCUT2D eigenvalue weighted by atomic mass is 10.2. The molecule has 0 fully saturated rings. The van der Waals surface area contributed by atoms with Gasteiger partial charge >= 0.3 is 12.0 Å². The van der Waals surface area contributed by atoms with Crippen LogP contribution in [0, 0.1) is 21.4 Å². The Morgan fingerprint density at radius 3 is 2.59 bits per heavy atom. The van der Waals surface area contributed by atoms with E-state index in [1.54, 1.807) is 0 Å². The molecule has 1 aromatic heterocycles. The average Bonchev–Trinajstić information content (AvgIpc) is 2.18. The lowest BCUT2D eigenvalue weighted by Gasteiger charge is -2.09. The summed E-state index contributed by atoms with van der Waals surface area (Å²) in [5, 5.41) is 19.1. The fourth-order valence-corrected chi connectivity index (χ4v) is 1.44. The van der Waals surface area contributed by atoms with Crippen LogP contribution in [0.4, 0.5) is 18.9 Å². The van der Waals surface area contributed by atoms with E-state index < -0.39 is 32.9 Å². The van der Waals surface area contributed by atoms with Crippen molar-refractivity contribution in [1.29, 1.82) is 5.26 Å². The highest BCUT2D eigenvalue weighted by molar-refractivity contribution is 9.10. The van der Waals surface area contributed by atoms with Crippen molar-refractivity contribution in [3.05, 3.63) is 26.3 Å². The van der Waals surface area contributed by atoms with Gasteiger partial charge in [-0.2, -0.15) is 5.26 Å². The highest BCUT2D eigenvalue weighted by atomic mass is 79.9. The predicted molar refractivity (Wildman–Crippen MR) is 50.0 cm³/mol. The number of alkyl halides is 3. The molecule has 0 atom stereocenters. The zero-order valence-electron chi connectivity index (χ0n) is 7.66. The number of nitrogens with zero attached hydrogens (tertiary/aromatic N) is 3. The second-order valence-corrected chi connectivity index (χ2v) is 3.35. The van der Waals surface area contributed by atoms with Gasteiger partial charge in [0.05, 0.1) is 11.1 Å². The Hall–Kier alpha value is -1.89. The number of ether oxygens (including phenoxy) is 1. The molecule has 0 aliphatic heterocycles. The third-order valence-electron chi connectivity index (χ3n) is 1.48. The zero-order chi connectivity index (χ0) is 13.2. The van der Waals surface area contributed by atoms with Crippen LogP contribution in [0.15, 0.2) is 10.7 Å². The van der Waals surface area contributed by atoms with Crippen molar-refractivity contribution in [3.63, 3.8) is 0 Å². The molecule has 1 rings (SSSR count). The smallest absolute Gasteiger partial charge is 0.386 e. The van der Waals surface area contributed by atoms with E-state index in [1.807, 2.05) is 0 Å². The molecule has 0 unspecified atom stereocenters. The summed E-state index contributed by atoms with van der Waals surface area (Å²) in [7, 11) is 0. The Kier molecular flexibility index (Phi) is 3.52. The van der Waals surface area contributed by atoms with Crippen LogP contribution in [0.1, 0.15) is 5.56 Å². The number of nitriles is 1. The van der Waals surface area contributed by atoms with Crippen molar-refractivity contribution >= 4 is 21.6 Å². The van der Waals surface area contributed by atoms with Crippen molar-refractivity contribution in [2.24, 2.45) is 0 Å². The van der Waals surface area contributed by atoms with Gasteiger partial charge in [0.25, 0.3) is 0 Å². The van der Waals surface area contributed by atoms with E-state index in [2.05, 4.69) is 25.7 Å². The van der Waals surface area contributed by atoms with Crippen molar-refractivity contribution < 1.29 is 22.8 Å². The fraction of sp³-hybridized carbons (Fsp3) is 0.143. The highest BCUT2D eigenvalue weighted by Crippen LogP contribution is 2.37. The third-order valence-corrected chi connectivity index (χ3v) is 2.19. The second-order valence-electron chi connectivity index (χ2n) is 2.56. The van der Waals surface area contributed by atoms with Crippen molar-refractivity contribution in [3.8, 4) is 11.9 Å².